The molecule has 0 unspecified atom stereocenters. The van der Waals surface area contributed by atoms with Crippen LogP contribution in [-0.2, 0) is 22.7 Å². The Labute approximate surface area is 189 Å². The lowest BCUT2D eigenvalue weighted by atomic mass is 10.2. The van der Waals surface area contributed by atoms with E-state index >= 15 is 0 Å². The molecular formula is C22H21F3N4O3S. The van der Waals surface area contributed by atoms with Gasteiger partial charge in [-0.15, -0.1) is 0 Å². The van der Waals surface area contributed by atoms with Gasteiger partial charge in [-0.25, -0.2) is 18.1 Å². The molecule has 0 aliphatic heterocycles. The number of nitrogens with zero attached hydrogens (tertiary/aromatic N) is 1. The first kappa shape index (κ1) is 24.2. The summed E-state index contributed by atoms with van der Waals surface area (Å²) in [7, 11) is -3.82. The normalized spacial score (nSPS) is 11.7. The highest BCUT2D eigenvalue weighted by Gasteiger charge is 2.30. The van der Waals surface area contributed by atoms with Crippen LogP contribution in [0.5, 0.6) is 0 Å². The van der Waals surface area contributed by atoms with Crippen LogP contribution in [0.25, 0.3) is 0 Å². The summed E-state index contributed by atoms with van der Waals surface area (Å²) in [4.78, 5) is 16.0. The van der Waals surface area contributed by atoms with Crippen LogP contribution in [0.1, 0.15) is 21.5 Å². The Hall–Kier alpha value is -3.44. The molecule has 11 heteroatoms. The van der Waals surface area contributed by atoms with Crippen molar-refractivity contribution in [3.05, 3.63) is 89.6 Å². The summed E-state index contributed by atoms with van der Waals surface area (Å²) in [6.45, 7) is 0.467. The zero-order valence-corrected chi connectivity index (χ0v) is 18.1. The molecule has 0 saturated carbocycles. The van der Waals surface area contributed by atoms with Crippen molar-refractivity contribution in [1.29, 1.82) is 0 Å². The number of hydrogen-bond acceptors (Lipinski definition) is 5. The predicted octanol–water partition coefficient (Wildman–Crippen LogP) is 3.42. The van der Waals surface area contributed by atoms with Gasteiger partial charge in [0.15, 0.2) is 0 Å². The molecule has 0 saturated heterocycles. The van der Waals surface area contributed by atoms with E-state index in [1.807, 2.05) is 6.07 Å². The smallest absolute Gasteiger partial charge is 0.368 e. The van der Waals surface area contributed by atoms with Crippen molar-refractivity contribution < 1.29 is 26.4 Å². The van der Waals surface area contributed by atoms with E-state index in [0.717, 1.165) is 17.8 Å². The standard InChI is InChI=1S/C22H21F3N4O3S/c23-22(24,25)18-9-10-20(28-15-18)26-11-12-27-21(30)17-7-4-8-19(13-17)33(31,32)29-14-16-5-2-1-3-6-16/h1-10,13,15,29H,11-12,14H2,(H,26,28)(H,27,30). The second kappa shape index (κ2) is 10.5. The van der Waals surface area contributed by atoms with Gasteiger partial charge in [0, 0.05) is 31.4 Å². The molecule has 7 nitrogen and oxygen atoms in total. The maximum Gasteiger partial charge on any atom is 0.417 e. The quantitative estimate of drug-likeness (QED) is 0.409. The minimum absolute atomic E-state index is 0.0434. The van der Waals surface area contributed by atoms with Crippen LogP contribution in [0.4, 0.5) is 19.0 Å². The molecule has 3 N–H and O–H groups in total. The van der Waals surface area contributed by atoms with Crippen molar-refractivity contribution in [1.82, 2.24) is 15.0 Å². The molecule has 0 bridgehead atoms. The molecule has 0 fully saturated rings. The summed E-state index contributed by atoms with van der Waals surface area (Å²) in [5.41, 5.74) is 0.102. The Morgan fingerprint density at radius 2 is 1.70 bits per heavy atom. The number of carbonyl (C=O) groups excluding carboxylic acids is 1. The minimum atomic E-state index is -4.46. The first-order valence-electron chi connectivity index (χ1n) is 9.84. The molecule has 1 amide bonds. The Morgan fingerprint density at radius 1 is 0.939 bits per heavy atom. The molecule has 0 atom stereocenters. The average Bonchev–Trinajstić information content (AvgIpc) is 2.81. The molecule has 33 heavy (non-hydrogen) atoms. The van der Waals surface area contributed by atoms with Crippen LogP contribution in [0, 0.1) is 0 Å². The average molecular weight is 478 g/mol. The lowest BCUT2D eigenvalue weighted by Crippen LogP contribution is -2.29. The van der Waals surface area contributed by atoms with E-state index in [4.69, 9.17) is 0 Å². The third-order valence-corrected chi connectivity index (χ3v) is 5.92. The first-order chi connectivity index (χ1) is 15.6. The fourth-order valence-corrected chi connectivity index (χ4v) is 3.86. The van der Waals surface area contributed by atoms with E-state index in [0.29, 0.717) is 0 Å². The Kier molecular flexibility index (Phi) is 7.67. The van der Waals surface area contributed by atoms with Gasteiger partial charge in [-0.2, -0.15) is 13.2 Å². The fourth-order valence-electron chi connectivity index (χ4n) is 2.80. The zero-order chi connectivity index (χ0) is 23.9. The van der Waals surface area contributed by atoms with Crippen molar-refractivity contribution in [3.63, 3.8) is 0 Å². The molecule has 174 valence electrons. The summed E-state index contributed by atoms with van der Waals surface area (Å²) in [5, 5.41) is 5.42. The second-order valence-corrected chi connectivity index (χ2v) is 8.72. The second-order valence-electron chi connectivity index (χ2n) is 6.95. The Balaban J connectivity index is 1.51. The van der Waals surface area contributed by atoms with Gasteiger partial charge >= 0.3 is 6.18 Å². The number of carbonyl (C=O) groups is 1. The van der Waals surface area contributed by atoms with Crippen molar-refractivity contribution in [3.8, 4) is 0 Å². The molecule has 0 aliphatic carbocycles. The van der Waals surface area contributed by atoms with Gasteiger partial charge in [-0.1, -0.05) is 36.4 Å². The lowest BCUT2D eigenvalue weighted by Gasteiger charge is -2.10. The number of hydrogen-bond donors (Lipinski definition) is 3. The van der Waals surface area contributed by atoms with Gasteiger partial charge in [-0.05, 0) is 35.9 Å². The molecule has 1 aromatic heterocycles. The zero-order valence-electron chi connectivity index (χ0n) is 17.3. The van der Waals surface area contributed by atoms with Crippen LogP contribution in [0.15, 0.2) is 77.8 Å². The predicted molar refractivity (Wildman–Crippen MR) is 117 cm³/mol. The van der Waals surface area contributed by atoms with Crippen molar-refractivity contribution in [2.75, 3.05) is 18.4 Å². The summed E-state index contributed by atoms with van der Waals surface area (Å²) in [5.74, 6) is -0.257. The minimum Gasteiger partial charge on any atom is -0.368 e. The van der Waals surface area contributed by atoms with Gasteiger partial charge in [0.25, 0.3) is 5.91 Å². The highest BCUT2D eigenvalue weighted by molar-refractivity contribution is 7.89. The lowest BCUT2D eigenvalue weighted by molar-refractivity contribution is -0.137. The maximum atomic E-state index is 12.6. The molecule has 0 spiro atoms. The number of rotatable bonds is 9. The largest absolute Gasteiger partial charge is 0.417 e. The van der Waals surface area contributed by atoms with Gasteiger partial charge in [0.05, 0.1) is 10.5 Å². The molecule has 3 rings (SSSR count). The molecule has 3 aromatic rings. The van der Waals surface area contributed by atoms with Gasteiger partial charge in [0.2, 0.25) is 10.0 Å². The third kappa shape index (κ3) is 7.02. The van der Waals surface area contributed by atoms with Crippen molar-refractivity contribution >= 4 is 21.7 Å². The number of anilines is 1. The molecule has 1 heterocycles. The van der Waals surface area contributed by atoms with E-state index in [9.17, 15) is 26.4 Å². The summed E-state index contributed by atoms with van der Waals surface area (Å²) in [6.07, 6.45) is -3.74. The third-order valence-electron chi connectivity index (χ3n) is 4.52. The van der Waals surface area contributed by atoms with E-state index < -0.39 is 27.7 Å². The fraction of sp³-hybridized carbons (Fsp3) is 0.182. The molecule has 2 aromatic carbocycles. The van der Waals surface area contributed by atoms with E-state index in [1.54, 1.807) is 24.3 Å². The highest BCUT2D eigenvalue weighted by Crippen LogP contribution is 2.28. The molecule has 0 aliphatic rings. The van der Waals surface area contributed by atoms with Crippen molar-refractivity contribution in [2.45, 2.75) is 17.6 Å². The van der Waals surface area contributed by atoms with Crippen LogP contribution >= 0.6 is 0 Å². The van der Waals surface area contributed by atoms with Gasteiger partial charge < -0.3 is 10.6 Å². The van der Waals surface area contributed by atoms with Crippen LogP contribution in [0.3, 0.4) is 0 Å². The summed E-state index contributed by atoms with van der Waals surface area (Å²) in [6, 6.07) is 16.7. The number of sulfonamides is 1. The van der Waals surface area contributed by atoms with Crippen LogP contribution < -0.4 is 15.4 Å². The van der Waals surface area contributed by atoms with Crippen LogP contribution in [0.2, 0.25) is 0 Å². The van der Waals surface area contributed by atoms with E-state index in [2.05, 4.69) is 20.3 Å². The summed E-state index contributed by atoms with van der Waals surface area (Å²) < 4.78 is 65.3. The number of alkyl halides is 3. The number of aromatic nitrogens is 1. The van der Waals surface area contributed by atoms with Crippen LogP contribution in [-0.4, -0.2) is 32.4 Å². The monoisotopic (exact) mass is 478 g/mol. The number of nitrogens with one attached hydrogen (secondary N) is 3. The maximum absolute atomic E-state index is 12.6. The highest BCUT2D eigenvalue weighted by atomic mass is 32.2. The van der Waals surface area contributed by atoms with E-state index in [1.165, 1.54) is 30.3 Å². The number of amides is 1. The SMILES string of the molecule is O=C(NCCNc1ccc(C(F)(F)F)cn1)c1cccc(S(=O)(=O)NCc2ccccc2)c1. The molecule has 0 radical (unpaired) electrons. The summed E-state index contributed by atoms with van der Waals surface area (Å²) >= 11 is 0. The van der Waals surface area contributed by atoms with Crippen molar-refractivity contribution in [2.24, 2.45) is 0 Å². The Morgan fingerprint density at radius 3 is 2.36 bits per heavy atom. The van der Waals surface area contributed by atoms with Gasteiger partial charge in [-0.3, -0.25) is 4.79 Å². The number of benzene rings is 2. The number of pyridine rings is 1. The Bertz CT molecular complexity index is 1190. The number of halogens is 3. The van der Waals surface area contributed by atoms with E-state index in [-0.39, 0.29) is 35.9 Å². The topological polar surface area (TPSA) is 100 Å². The first-order valence-corrected chi connectivity index (χ1v) is 11.3. The van der Waals surface area contributed by atoms with Gasteiger partial charge in [0.1, 0.15) is 5.82 Å². The molecular weight excluding hydrogens is 457 g/mol.